The van der Waals surface area contributed by atoms with Crippen molar-refractivity contribution in [3.63, 3.8) is 0 Å². The summed E-state index contributed by atoms with van der Waals surface area (Å²) >= 11 is 0. The van der Waals surface area contributed by atoms with Gasteiger partial charge in [0.2, 0.25) is 0 Å². The first-order valence-electron chi connectivity index (χ1n) is 5.67. The molecule has 2 rings (SSSR count). The van der Waals surface area contributed by atoms with Gasteiger partial charge in [-0.05, 0) is 31.7 Å². The number of piperazine rings is 1. The van der Waals surface area contributed by atoms with Crippen molar-refractivity contribution in [3.05, 3.63) is 17.7 Å². The van der Waals surface area contributed by atoms with Crippen molar-refractivity contribution < 1.29 is 0 Å². The average molecular weight is 220 g/mol. The lowest BCUT2D eigenvalue weighted by Crippen LogP contribution is -2.44. The maximum absolute atomic E-state index is 5.95. The number of likely N-dealkylation sites (N-methyl/N-ethyl adjacent to an activating group) is 1. The van der Waals surface area contributed by atoms with Crippen molar-refractivity contribution in [2.24, 2.45) is 0 Å². The number of rotatable bonds is 1. The summed E-state index contributed by atoms with van der Waals surface area (Å²) in [4.78, 5) is 4.72. The van der Waals surface area contributed by atoms with Crippen molar-refractivity contribution in [1.82, 2.24) is 4.90 Å². The lowest BCUT2D eigenvalue weighted by molar-refractivity contribution is 0.312. The molecule has 1 aromatic carbocycles. The van der Waals surface area contributed by atoms with Crippen LogP contribution >= 0.6 is 0 Å². The highest BCUT2D eigenvalue weighted by atomic mass is 15.2. The molecule has 4 nitrogen and oxygen atoms in total. The predicted molar refractivity (Wildman–Crippen MR) is 69.7 cm³/mol. The summed E-state index contributed by atoms with van der Waals surface area (Å²) in [6, 6.07) is 3.97. The lowest BCUT2D eigenvalue weighted by atomic mass is 10.1. The maximum Gasteiger partial charge on any atom is 0.0598 e. The number of hydrogen-bond donors (Lipinski definition) is 2. The molecule has 1 saturated heterocycles. The first-order chi connectivity index (χ1) is 7.59. The minimum absolute atomic E-state index is 0.676. The molecular formula is C12H20N4. The summed E-state index contributed by atoms with van der Waals surface area (Å²) in [5.41, 5.74) is 15.5. The molecule has 0 atom stereocenters. The Morgan fingerprint density at radius 3 is 2.31 bits per heavy atom. The van der Waals surface area contributed by atoms with Gasteiger partial charge in [-0.3, -0.25) is 0 Å². The second-order valence-corrected chi connectivity index (χ2v) is 4.50. The zero-order valence-corrected chi connectivity index (χ0v) is 10.0. The molecule has 1 aromatic rings. The number of nitrogen functional groups attached to an aromatic ring is 2. The fourth-order valence-corrected chi connectivity index (χ4v) is 2.13. The van der Waals surface area contributed by atoms with Crippen molar-refractivity contribution in [2.45, 2.75) is 6.92 Å². The molecule has 0 radical (unpaired) electrons. The van der Waals surface area contributed by atoms with Crippen LogP contribution in [0.3, 0.4) is 0 Å². The second-order valence-electron chi connectivity index (χ2n) is 4.50. The van der Waals surface area contributed by atoms with E-state index < -0.39 is 0 Å². The highest BCUT2D eigenvalue weighted by molar-refractivity contribution is 5.75. The normalized spacial score (nSPS) is 17.8. The number of benzene rings is 1. The van der Waals surface area contributed by atoms with Gasteiger partial charge >= 0.3 is 0 Å². The molecule has 0 spiro atoms. The molecule has 0 amide bonds. The first-order valence-corrected chi connectivity index (χ1v) is 5.67. The Labute approximate surface area is 96.8 Å². The third kappa shape index (κ3) is 1.93. The molecule has 0 aromatic heterocycles. The number of nitrogens with zero attached hydrogens (tertiary/aromatic N) is 2. The Morgan fingerprint density at radius 1 is 1.06 bits per heavy atom. The maximum atomic E-state index is 5.95. The van der Waals surface area contributed by atoms with Gasteiger partial charge in [-0.25, -0.2) is 0 Å². The van der Waals surface area contributed by atoms with Gasteiger partial charge in [-0.1, -0.05) is 0 Å². The largest absolute Gasteiger partial charge is 0.397 e. The quantitative estimate of drug-likeness (QED) is 0.691. The minimum Gasteiger partial charge on any atom is -0.397 e. The summed E-state index contributed by atoms with van der Waals surface area (Å²) in [5.74, 6) is 0. The van der Waals surface area contributed by atoms with E-state index in [-0.39, 0.29) is 0 Å². The van der Waals surface area contributed by atoms with Crippen molar-refractivity contribution >= 4 is 17.1 Å². The van der Waals surface area contributed by atoms with Gasteiger partial charge in [0.15, 0.2) is 0 Å². The van der Waals surface area contributed by atoms with E-state index in [1.54, 1.807) is 0 Å². The molecule has 0 bridgehead atoms. The van der Waals surface area contributed by atoms with Crippen LogP contribution in [0.4, 0.5) is 17.1 Å². The van der Waals surface area contributed by atoms with Crippen LogP contribution in [0.25, 0.3) is 0 Å². The lowest BCUT2D eigenvalue weighted by Gasteiger charge is -2.35. The molecule has 1 aliphatic heterocycles. The Morgan fingerprint density at radius 2 is 1.69 bits per heavy atom. The van der Waals surface area contributed by atoms with Gasteiger partial charge in [-0.2, -0.15) is 0 Å². The van der Waals surface area contributed by atoms with E-state index in [0.717, 1.165) is 37.4 Å². The molecule has 0 saturated carbocycles. The van der Waals surface area contributed by atoms with Crippen LogP contribution < -0.4 is 16.4 Å². The van der Waals surface area contributed by atoms with Crippen LogP contribution in [-0.4, -0.2) is 38.1 Å². The molecule has 0 unspecified atom stereocenters. The van der Waals surface area contributed by atoms with E-state index >= 15 is 0 Å². The average Bonchev–Trinajstić information content (AvgIpc) is 2.28. The van der Waals surface area contributed by atoms with Gasteiger partial charge < -0.3 is 21.3 Å². The van der Waals surface area contributed by atoms with E-state index in [9.17, 15) is 0 Å². The molecule has 16 heavy (non-hydrogen) atoms. The van der Waals surface area contributed by atoms with Crippen molar-refractivity contribution in [2.75, 3.05) is 49.6 Å². The summed E-state index contributed by atoms with van der Waals surface area (Å²) < 4.78 is 0. The molecule has 0 aliphatic carbocycles. The SMILES string of the molecule is Cc1c(N2CCN(C)CC2)ccc(N)c1N. The van der Waals surface area contributed by atoms with E-state index in [1.807, 2.05) is 13.0 Å². The zero-order valence-electron chi connectivity index (χ0n) is 10.0. The molecular weight excluding hydrogens is 200 g/mol. The van der Waals surface area contributed by atoms with Gasteiger partial charge in [0.1, 0.15) is 0 Å². The van der Waals surface area contributed by atoms with Crippen LogP contribution in [0.15, 0.2) is 12.1 Å². The summed E-state index contributed by atoms with van der Waals surface area (Å²) in [6.07, 6.45) is 0. The molecule has 4 N–H and O–H groups in total. The Hall–Kier alpha value is -1.42. The second kappa shape index (κ2) is 4.22. The molecule has 1 fully saturated rings. The third-order valence-corrected chi connectivity index (χ3v) is 3.36. The number of nitrogens with two attached hydrogens (primary N) is 2. The van der Waals surface area contributed by atoms with E-state index in [2.05, 4.69) is 22.9 Å². The highest BCUT2D eigenvalue weighted by Crippen LogP contribution is 2.29. The smallest absolute Gasteiger partial charge is 0.0598 e. The van der Waals surface area contributed by atoms with E-state index in [4.69, 9.17) is 11.5 Å². The summed E-state index contributed by atoms with van der Waals surface area (Å²) in [6.45, 7) is 6.36. The van der Waals surface area contributed by atoms with Gasteiger partial charge in [0.05, 0.1) is 11.4 Å². The fraction of sp³-hybridized carbons (Fsp3) is 0.500. The van der Waals surface area contributed by atoms with Crippen LogP contribution in [0, 0.1) is 6.92 Å². The third-order valence-electron chi connectivity index (χ3n) is 3.36. The van der Waals surface area contributed by atoms with Crippen LogP contribution in [0.5, 0.6) is 0 Å². The van der Waals surface area contributed by atoms with Gasteiger partial charge in [-0.15, -0.1) is 0 Å². The molecule has 88 valence electrons. The number of hydrogen-bond acceptors (Lipinski definition) is 4. The Bertz CT molecular complexity index is 381. The Balaban J connectivity index is 2.24. The summed E-state index contributed by atoms with van der Waals surface area (Å²) in [5, 5.41) is 0. The summed E-state index contributed by atoms with van der Waals surface area (Å²) in [7, 11) is 2.15. The monoisotopic (exact) mass is 220 g/mol. The van der Waals surface area contributed by atoms with Gasteiger partial charge in [0, 0.05) is 31.9 Å². The standard InChI is InChI=1S/C12H20N4/c1-9-11(4-3-10(13)12(9)14)16-7-5-15(2)6-8-16/h3-4H,5-8,13-14H2,1-2H3. The fourth-order valence-electron chi connectivity index (χ4n) is 2.13. The van der Waals surface area contributed by atoms with E-state index in [1.165, 1.54) is 5.69 Å². The van der Waals surface area contributed by atoms with Gasteiger partial charge in [0.25, 0.3) is 0 Å². The zero-order chi connectivity index (χ0) is 11.7. The molecule has 4 heteroatoms. The highest BCUT2D eigenvalue weighted by Gasteiger charge is 2.17. The van der Waals surface area contributed by atoms with E-state index in [0.29, 0.717) is 5.69 Å². The van der Waals surface area contributed by atoms with Crippen LogP contribution in [0.2, 0.25) is 0 Å². The predicted octanol–water partition coefficient (Wildman–Crippen LogP) is 0.911. The molecule has 1 aliphatic rings. The van der Waals surface area contributed by atoms with Crippen LogP contribution in [0.1, 0.15) is 5.56 Å². The topological polar surface area (TPSA) is 58.5 Å². The molecule has 1 heterocycles. The van der Waals surface area contributed by atoms with Crippen molar-refractivity contribution in [1.29, 1.82) is 0 Å². The number of anilines is 3. The minimum atomic E-state index is 0.676. The van der Waals surface area contributed by atoms with Crippen LogP contribution in [-0.2, 0) is 0 Å². The van der Waals surface area contributed by atoms with Crippen molar-refractivity contribution in [3.8, 4) is 0 Å². The Kier molecular flexibility index (Phi) is 2.92. The first kappa shape index (κ1) is 11.1.